The highest BCUT2D eigenvalue weighted by molar-refractivity contribution is 6.12. The largest absolute Gasteiger partial charge is 0.308 e. The van der Waals surface area contributed by atoms with E-state index >= 15 is 0 Å². The van der Waals surface area contributed by atoms with E-state index in [1.165, 1.54) is 11.1 Å². The van der Waals surface area contributed by atoms with Crippen molar-refractivity contribution in [2.75, 3.05) is 0 Å². The summed E-state index contributed by atoms with van der Waals surface area (Å²) in [6, 6.07) is 73.9. The van der Waals surface area contributed by atoms with E-state index < -0.39 is 0 Å². The van der Waals surface area contributed by atoms with E-state index in [2.05, 4.69) is 150 Å². The lowest BCUT2D eigenvalue weighted by molar-refractivity contribution is 1.13. The maximum Gasteiger partial charge on any atom is 0.163 e. The quantitative estimate of drug-likeness (QED) is 0.164. The maximum atomic E-state index is 10.7. The summed E-state index contributed by atoms with van der Waals surface area (Å²) in [6.45, 7) is 0. The number of fused-ring (bicyclic) bond motifs is 3. The first kappa shape index (κ1) is 33.7. The third kappa shape index (κ3) is 6.05. The minimum atomic E-state index is 0.439. The summed E-state index contributed by atoms with van der Waals surface area (Å²) in [4.78, 5) is 10.7. The molecule has 0 saturated heterocycles. The number of hydrogen-bond acceptors (Lipinski definition) is 3. The molecule has 57 heavy (non-hydrogen) atoms. The van der Waals surface area contributed by atoms with Gasteiger partial charge in [0, 0.05) is 21.9 Å². The van der Waals surface area contributed by atoms with Gasteiger partial charge in [-0.15, -0.1) is 0 Å². The van der Waals surface area contributed by atoms with Crippen LogP contribution in [0.3, 0.4) is 0 Å². The molecule has 266 valence electrons. The zero-order chi connectivity index (χ0) is 38.1. The Balaban J connectivity index is 1.32. The van der Waals surface area contributed by atoms with Crippen molar-refractivity contribution < 1.29 is 0 Å². The van der Waals surface area contributed by atoms with Gasteiger partial charge in [0.15, 0.2) is 5.82 Å². The van der Waals surface area contributed by atoms with Crippen molar-refractivity contribution in [3.8, 4) is 79.0 Å². The van der Waals surface area contributed by atoms with Crippen molar-refractivity contribution in [1.82, 2.24) is 14.5 Å². The van der Waals surface area contributed by atoms with Crippen LogP contribution in [0.5, 0.6) is 0 Å². The second kappa shape index (κ2) is 14.4. The summed E-state index contributed by atoms with van der Waals surface area (Å²) < 4.78 is 2.36. The van der Waals surface area contributed by atoms with E-state index in [-0.39, 0.29) is 0 Å². The van der Waals surface area contributed by atoms with Crippen LogP contribution in [0.4, 0.5) is 0 Å². The summed E-state index contributed by atoms with van der Waals surface area (Å²) >= 11 is 0. The van der Waals surface area contributed by atoms with E-state index in [4.69, 9.17) is 9.97 Å². The lowest BCUT2D eigenvalue weighted by atomic mass is 9.95. The predicted molar refractivity (Wildman–Crippen MR) is 234 cm³/mol. The van der Waals surface area contributed by atoms with Crippen LogP contribution < -0.4 is 0 Å². The summed E-state index contributed by atoms with van der Waals surface area (Å²) in [5.74, 6) is 0.540. The minimum absolute atomic E-state index is 0.439. The second-order valence-corrected chi connectivity index (χ2v) is 14.1. The van der Waals surface area contributed by atoms with E-state index in [1.54, 1.807) is 0 Å². The van der Waals surface area contributed by atoms with Gasteiger partial charge >= 0.3 is 0 Å². The molecule has 4 nitrogen and oxygen atoms in total. The molecule has 4 heteroatoms. The number of aromatic nitrogens is 3. The van der Waals surface area contributed by atoms with Crippen molar-refractivity contribution in [3.05, 3.63) is 212 Å². The minimum Gasteiger partial charge on any atom is -0.308 e. The Hall–Kier alpha value is -7.87. The van der Waals surface area contributed by atoms with Crippen LogP contribution in [0, 0.1) is 11.3 Å². The fraction of sp³-hybridized carbons (Fsp3) is 0. The fourth-order valence-electron chi connectivity index (χ4n) is 8.01. The number of benzene rings is 8. The van der Waals surface area contributed by atoms with Crippen molar-refractivity contribution in [3.63, 3.8) is 0 Å². The van der Waals surface area contributed by atoms with Gasteiger partial charge in [-0.2, -0.15) is 5.26 Å². The number of hydrogen-bond donors (Lipinski definition) is 0. The zero-order valence-electron chi connectivity index (χ0n) is 30.9. The molecule has 0 aliphatic carbocycles. The van der Waals surface area contributed by atoms with Gasteiger partial charge in [-0.1, -0.05) is 176 Å². The van der Waals surface area contributed by atoms with Crippen LogP contribution in [-0.2, 0) is 0 Å². The summed E-state index contributed by atoms with van der Waals surface area (Å²) in [7, 11) is 0. The standard InChI is InChI=1S/C53H34N4/c54-35-46-51(39-23-12-4-13-24-39)55-53(56-52(46)40-25-14-5-15-26-40)50-43(38-21-10-3-11-22-38)27-16-28-49(50)57-47-31-29-41(36-17-6-1-7-18-36)33-44(47)45-34-42(30-32-48(45)57)37-19-8-2-9-20-37/h1-34H. The van der Waals surface area contributed by atoms with Gasteiger partial charge in [0.05, 0.1) is 33.7 Å². The van der Waals surface area contributed by atoms with Gasteiger partial charge in [0.1, 0.15) is 11.6 Å². The van der Waals surface area contributed by atoms with Gasteiger partial charge in [-0.05, 0) is 63.7 Å². The van der Waals surface area contributed by atoms with Crippen molar-refractivity contribution in [2.24, 2.45) is 0 Å². The Morgan fingerprint density at radius 1 is 0.386 bits per heavy atom. The molecule has 0 unspecified atom stereocenters. The smallest absolute Gasteiger partial charge is 0.163 e. The van der Waals surface area contributed by atoms with Crippen LogP contribution in [0.1, 0.15) is 5.56 Å². The molecule has 10 rings (SSSR count). The molecule has 0 bridgehead atoms. The van der Waals surface area contributed by atoms with E-state index in [0.717, 1.165) is 66.4 Å². The molecule has 0 N–H and O–H groups in total. The van der Waals surface area contributed by atoms with Crippen LogP contribution >= 0.6 is 0 Å². The SMILES string of the molecule is N#Cc1c(-c2ccccc2)nc(-c2c(-c3ccccc3)cccc2-n2c3ccc(-c4ccccc4)cc3c3cc(-c4ccccc4)ccc32)nc1-c1ccccc1. The monoisotopic (exact) mass is 726 g/mol. The highest BCUT2D eigenvalue weighted by atomic mass is 15.0. The molecule has 0 fully saturated rings. The Kier molecular flexibility index (Phi) is 8.52. The average molecular weight is 727 g/mol. The first-order valence-electron chi connectivity index (χ1n) is 19.1. The zero-order valence-corrected chi connectivity index (χ0v) is 30.9. The van der Waals surface area contributed by atoms with E-state index in [0.29, 0.717) is 22.8 Å². The Morgan fingerprint density at radius 3 is 1.25 bits per heavy atom. The molecular formula is C53H34N4. The van der Waals surface area contributed by atoms with Crippen LogP contribution in [-0.4, -0.2) is 14.5 Å². The Labute approximate surface area is 331 Å². The molecule has 0 amide bonds. The third-order valence-corrected chi connectivity index (χ3v) is 10.7. The van der Waals surface area contributed by atoms with Gasteiger partial charge in [0.2, 0.25) is 0 Å². The van der Waals surface area contributed by atoms with E-state index in [1.807, 2.05) is 66.7 Å². The predicted octanol–water partition coefficient (Wildman–Crippen LogP) is 13.4. The van der Waals surface area contributed by atoms with E-state index in [9.17, 15) is 5.26 Å². The molecule has 0 aliphatic rings. The van der Waals surface area contributed by atoms with Crippen molar-refractivity contribution in [1.29, 1.82) is 5.26 Å². The number of rotatable bonds is 7. The second-order valence-electron chi connectivity index (χ2n) is 14.1. The number of nitriles is 1. The fourth-order valence-corrected chi connectivity index (χ4v) is 8.01. The Morgan fingerprint density at radius 2 is 0.807 bits per heavy atom. The highest BCUT2D eigenvalue weighted by Gasteiger charge is 2.25. The molecule has 0 aliphatic heterocycles. The van der Waals surface area contributed by atoms with Crippen molar-refractivity contribution >= 4 is 21.8 Å². The first-order chi connectivity index (χ1) is 28.2. The Bertz CT molecular complexity index is 2940. The lowest BCUT2D eigenvalue weighted by Crippen LogP contribution is -2.05. The average Bonchev–Trinajstić information content (AvgIpc) is 3.62. The van der Waals surface area contributed by atoms with Crippen molar-refractivity contribution in [2.45, 2.75) is 0 Å². The highest BCUT2D eigenvalue weighted by Crippen LogP contribution is 2.43. The molecule has 0 atom stereocenters. The molecule has 2 aromatic heterocycles. The molecular weight excluding hydrogens is 693 g/mol. The lowest BCUT2D eigenvalue weighted by Gasteiger charge is -2.19. The van der Waals surface area contributed by atoms with Gasteiger partial charge in [0.25, 0.3) is 0 Å². The molecule has 10 aromatic rings. The molecule has 0 spiro atoms. The molecule has 8 aromatic carbocycles. The first-order valence-corrected chi connectivity index (χ1v) is 19.1. The molecule has 2 heterocycles. The van der Waals surface area contributed by atoms with Gasteiger partial charge in [-0.3, -0.25) is 0 Å². The normalized spacial score (nSPS) is 11.1. The van der Waals surface area contributed by atoms with Gasteiger partial charge < -0.3 is 4.57 Å². The maximum absolute atomic E-state index is 10.7. The summed E-state index contributed by atoms with van der Waals surface area (Å²) in [5.41, 5.74) is 14.0. The molecule has 0 saturated carbocycles. The summed E-state index contributed by atoms with van der Waals surface area (Å²) in [6.07, 6.45) is 0. The van der Waals surface area contributed by atoms with Crippen LogP contribution in [0.2, 0.25) is 0 Å². The summed E-state index contributed by atoms with van der Waals surface area (Å²) in [5, 5.41) is 13.0. The van der Waals surface area contributed by atoms with Crippen LogP contribution in [0.25, 0.3) is 94.8 Å². The topological polar surface area (TPSA) is 54.5 Å². The van der Waals surface area contributed by atoms with Gasteiger partial charge in [-0.25, -0.2) is 9.97 Å². The van der Waals surface area contributed by atoms with Crippen LogP contribution in [0.15, 0.2) is 206 Å². The number of nitrogens with zero attached hydrogens (tertiary/aromatic N) is 4. The third-order valence-electron chi connectivity index (χ3n) is 10.7. The molecule has 0 radical (unpaired) electrons.